The van der Waals surface area contributed by atoms with E-state index in [4.69, 9.17) is 5.73 Å². The molecule has 0 amide bonds. The molecule has 0 aromatic carbocycles. The predicted octanol–water partition coefficient (Wildman–Crippen LogP) is 2.05. The molecule has 0 radical (unpaired) electrons. The summed E-state index contributed by atoms with van der Waals surface area (Å²) in [7, 11) is 0. The molecule has 0 unspecified atom stereocenters. The molecule has 0 spiro atoms. The van der Waals surface area contributed by atoms with Gasteiger partial charge in [0.05, 0.1) is 21.7 Å². The van der Waals surface area contributed by atoms with E-state index in [9.17, 15) is 4.39 Å². The molecular formula is C7H5BrFN3. The van der Waals surface area contributed by atoms with Crippen LogP contribution in [0.1, 0.15) is 0 Å². The van der Waals surface area contributed by atoms with Gasteiger partial charge in [-0.3, -0.25) is 0 Å². The van der Waals surface area contributed by atoms with Gasteiger partial charge >= 0.3 is 0 Å². The van der Waals surface area contributed by atoms with Crippen molar-refractivity contribution < 1.29 is 4.39 Å². The zero-order valence-corrected chi connectivity index (χ0v) is 7.52. The molecule has 0 bridgehead atoms. The van der Waals surface area contributed by atoms with Crippen LogP contribution in [0.4, 0.5) is 10.1 Å². The van der Waals surface area contributed by atoms with Crippen LogP contribution in [0.5, 0.6) is 0 Å². The maximum atomic E-state index is 12.9. The van der Waals surface area contributed by atoms with Gasteiger partial charge in [-0.1, -0.05) is 0 Å². The Morgan fingerprint density at radius 2 is 2.33 bits per heavy atom. The normalized spacial score (nSPS) is 10.8. The molecule has 2 rings (SSSR count). The molecule has 3 nitrogen and oxygen atoms in total. The van der Waals surface area contributed by atoms with E-state index in [-0.39, 0.29) is 0 Å². The number of H-pyrrole nitrogens is 1. The molecule has 0 saturated carbocycles. The molecule has 0 aliphatic heterocycles. The van der Waals surface area contributed by atoms with Gasteiger partial charge in [-0.2, -0.15) is 0 Å². The lowest BCUT2D eigenvalue weighted by atomic mass is 10.3. The molecule has 12 heavy (non-hydrogen) atoms. The number of rotatable bonds is 0. The maximum Gasteiger partial charge on any atom is 0.156 e. The molecule has 0 saturated heterocycles. The van der Waals surface area contributed by atoms with Gasteiger partial charge < -0.3 is 10.7 Å². The Labute approximate surface area is 75.9 Å². The van der Waals surface area contributed by atoms with Crippen LogP contribution in [-0.4, -0.2) is 9.97 Å². The Hall–Kier alpha value is -1.10. The van der Waals surface area contributed by atoms with Crippen LogP contribution in [0.15, 0.2) is 16.9 Å². The highest BCUT2D eigenvalue weighted by molar-refractivity contribution is 9.10. The van der Waals surface area contributed by atoms with Gasteiger partial charge in [-0.05, 0) is 15.9 Å². The number of nitrogens with two attached hydrogens (primary N) is 1. The summed E-state index contributed by atoms with van der Waals surface area (Å²) in [5.74, 6) is -0.409. The summed E-state index contributed by atoms with van der Waals surface area (Å²) >= 11 is 3.10. The molecule has 2 heterocycles. The number of pyridine rings is 1. The number of fused-ring (bicyclic) bond motifs is 1. The van der Waals surface area contributed by atoms with Crippen LogP contribution in [-0.2, 0) is 0 Å². The molecule has 3 N–H and O–H groups in total. The van der Waals surface area contributed by atoms with E-state index in [0.29, 0.717) is 21.2 Å². The first kappa shape index (κ1) is 7.54. The highest BCUT2D eigenvalue weighted by Crippen LogP contribution is 2.28. The average molecular weight is 230 g/mol. The second-order valence-corrected chi connectivity index (χ2v) is 3.18. The van der Waals surface area contributed by atoms with Crippen molar-refractivity contribution in [1.82, 2.24) is 9.97 Å². The first-order valence-corrected chi connectivity index (χ1v) is 4.06. The Morgan fingerprint density at radius 1 is 1.58 bits per heavy atom. The zero-order chi connectivity index (χ0) is 8.72. The van der Waals surface area contributed by atoms with Crippen LogP contribution < -0.4 is 5.73 Å². The van der Waals surface area contributed by atoms with E-state index in [1.54, 1.807) is 6.20 Å². The summed E-state index contributed by atoms with van der Waals surface area (Å²) in [6, 6.07) is 0. The van der Waals surface area contributed by atoms with E-state index >= 15 is 0 Å². The Balaban J connectivity index is 2.96. The average Bonchev–Trinajstić information content (AvgIpc) is 2.41. The molecule has 0 atom stereocenters. The number of halogens is 2. The zero-order valence-electron chi connectivity index (χ0n) is 5.94. The van der Waals surface area contributed by atoms with E-state index in [1.165, 1.54) is 0 Å². The fraction of sp³-hybridized carbons (Fsp3) is 0. The summed E-state index contributed by atoms with van der Waals surface area (Å²) in [6.45, 7) is 0. The van der Waals surface area contributed by atoms with E-state index in [2.05, 4.69) is 25.9 Å². The standard InChI is InChI=1S/C7H5BrFN3/c8-6-3(9)1-11-7-5(6)4(10)2-12-7/h1-2H,10H2,(H,11,12). The van der Waals surface area contributed by atoms with Crippen LogP contribution >= 0.6 is 15.9 Å². The quantitative estimate of drug-likeness (QED) is 0.727. The van der Waals surface area contributed by atoms with Gasteiger partial charge in [-0.25, -0.2) is 9.37 Å². The van der Waals surface area contributed by atoms with Crippen LogP contribution in [0.25, 0.3) is 11.0 Å². The Kier molecular flexibility index (Phi) is 1.54. The highest BCUT2D eigenvalue weighted by Gasteiger charge is 2.09. The topological polar surface area (TPSA) is 54.7 Å². The number of nitrogens with zero attached hydrogens (tertiary/aromatic N) is 1. The minimum Gasteiger partial charge on any atom is -0.397 e. The summed E-state index contributed by atoms with van der Waals surface area (Å²) in [5.41, 5.74) is 6.65. The first-order chi connectivity index (χ1) is 5.70. The number of aromatic nitrogens is 2. The monoisotopic (exact) mass is 229 g/mol. The van der Waals surface area contributed by atoms with Gasteiger partial charge in [0.2, 0.25) is 0 Å². The summed E-state index contributed by atoms with van der Waals surface area (Å²) < 4.78 is 13.3. The third-order valence-electron chi connectivity index (χ3n) is 1.63. The largest absolute Gasteiger partial charge is 0.397 e. The molecule has 0 aliphatic carbocycles. The first-order valence-electron chi connectivity index (χ1n) is 3.26. The van der Waals surface area contributed by atoms with Crippen molar-refractivity contribution in [2.75, 3.05) is 5.73 Å². The number of anilines is 1. The molecule has 5 heteroatoms. The van der Waals surface area contributed by atoms with E-state index < -0.39 is 5.82 Å². The van der Waals surface area contributed by atoms with Gasteiger partial charge in [0.1, 0.15) is 5.65 Å². The fourth-order valence-corrected chi connectivity index (χ4v) is 1.58. The summed E-state index contributed by atoms with van der Waals surface area (Å²) in [5, 5.41) is 0.593. The van der Waals surface area contributed by atoms with Crippen molar-refractivity contribution in [2.24, 2.45) is 0 Å². The third-order valence-corrected chi connectivity index (χ3v) is 2.40. The van der Waals surface area contributed by atoms with Crippen molar-refractivity contribution >= 4 is 32.7 Å². The Bertz CT molecular complexity index is 437. The van der Waals surface area contributed by atoms with Gasteiger partial charge in [-0.15, -0.1) is 0 Å². The van der Waals surface area contributed by atoms with Crippen molar-refractivity contribution in [3.05, 3.63) is 22.7 Å². The van der Waals surface area contributed by atoms with Crippen molar-refractivity contribution in [3.63, 3.8) is 0 Å². The molecule has 2 aromatic rings. The smallest absolute Gasteiger partial charge is 0.156 e. The second kappa shape index (κ2) is 2.45. The molecule has 0 fully saturated rings. The lowest BCUT2D eigenvalue weighted by Crippen LogP contribution is -1.86. The van der Waals surface area contributed by atoms with Crippen molar-refractivity contribution in [2.45, 2.75) is 0 Å². The Morgan fingerprint density at radius 3 is 3.08 bits per heavy atom. The number of hydrogen-bond acceptors (Lipinski definition) is 2. The third kappa shape index (κ3) is 0.896. The van der Waals surface area contributed by atoms with E-state index in [1.807, 2.05) is 0 Å². The molecular weight excluding hydrogens is 225 g/mol. The fourth-order valence-electron chi connectivity index (χ4n) is 1.06. The SMILES string of the molecule is Nc1c[nH]c2ncc(F)c(Br)c12. The van der Waals surface area contributed by atoms with Crippen molar-refractivity contribution in [1.29, 1.82) is 0 Å². The summed E-state index contributed by atoms with van der Waals surface area (Å²) in [4.78, 5) is 6.64. The minimum absolute atomic E-state index is 0.353. The molecule has 62 valence electrons. The minimum atomic E-state index is -0.409. The van der Waals surface area contributed by atoms with Crippen LogP contribution in [0, 0.1) is 5.82 Å². The van der Waals surface area contributed by atoms with Crippen LogP contribution in [0.2, 0.25) is 0 Å². The van der Waals surface area contributed by atoms with Gasteiger partial charge in [0.15, 0.2) is 5.82 Å². The van der Waals surface area contributed by atoms with Crippen LogP contribution in [0.3, 0.4) is 0 Å². The number of nitrogen functional groups attached to an aromatic ring is 1. The molecule has 2 aromatic heterocycles. The highest BCUT2D eigenvalue weighted by atomic mass is 79.9. The second-order valence-electron chi connectivity index (χ2n) is 2.39. The van der Waals surface area contributed by atoms with Gasteiger partial charge in [0.25, 0.3) is 0 Å². The predicted molar refractivity (Wildman–Crippen MR) is 48.2 cm³/mol. The number of nitrogens with one attached hydrogen (secondary N) is 1. The molecule has 0 aliphatic rings. The number of hydrogen-bond donors (Lipinski definition) is 2. The lowest BCUT2D eigenvalue weighted by Gasteiger charge is -1.95. The van der Waals surface area contributed by atoms with E-state index in [0.717, 1.165) is 6.20 Å². The maximum absolute atomic E-state index is 12.9. The van der Waals surface area contributed by atoms with Crippen molar-refractivity contribution in [3.8, 4) is 0 Å². The van der Waals surface area contributed by atoms with Gasteiger partial charge in [0, 0.05) is 6.20 Å². The number of aromatic amines is 1. The summed E-state index contributed by atoms with van der Waals surface area (Å²) in [6.07, 6.45) is 2.73. The lowest BCUT2D eigenvalue weighted by molar-refractivity contribution is 0.618.